The summed E-state index contributed by atoms with van der Waals surface area (Å²) in [5.41, 5.74) is 4.71. The minimum atomic E-state index is -0.808. The summed E-state index contributed by atoms with van der Waals surface area (Å²) in [6, 6.07) is 20.0. The van der Waals surface area contributed by atoms with Gasteiger partial charge in [0.05, 0.1) is 23.5 Å². The summed E-state index contributed by atoms with van der Waals surface area (Å²) in [6.45, 7) is 0. The molecule has 1 N–H and O–H groups in total. The van der Waals surface area contributed by atoms with E-state index < -0.39 is 5.97 Å². The van der Waals surface area contributed by atoms with E-state index >= 15 is 0 Å². The van der Waals surface area contributed by atoms with Gasteiger partial charge in [0.15, 0.2) is 0 Å². The Balaban J connectivity index is 1.94. The van der Waals surface area contributed by atoms with Crippen LogP contribution in [-0.2, 0) is 11.2 Å². The molecule has 1 saturated carbocycles. The van der Waals surface area contributed by atoms with Crippen molar-refractivity contribution in [2.45, 2.75) is 44.4 Å². The van der Waals surface area contributed by atoms with Crippen LogP contribution in [0.1, 0.15) is 49.3 Å². The average molecular weight is 360 g/mol. The van der Waals surface area contributed by atoms with E-state index in [9.17, 15) is 9.90 Å². The Hall–Kier alpha value is -2.88. The fourth-order valence-electron chi connectivity index (χ4n) is 4.15. The molecule has 0 saturated heterocycles. The maximum Gasteiger partial charge on any atom is 0.307 e. The Kier molecular flexibility index (Phi) is 5.05. The molecule has 0 radical (unpaired) electrons. The first kappa shape index (κ1) is 17.5. The third-order valence-electron chi connectivity index (χ3n) is 5.38. The molecule has 1 heterocycles. The number of hydrogen-bond donors (Lipinski definition) is 1. The molecule has 0 amide bonds. The van der Waals surface area contributed by atoms with Crippen LogP contribution in [0.5, 0.6) is 0 Å². The number of para-hydroxylation sites is 1. The van der Waals surface area contributed by atoms with Crippen molar-refractivity contribution in [2.24, 2.45) is 0 Å². The van der Waals surface area contributed by atoms with Crippen molar-refractivity contribution in [3.8, 4) is 16.9 Å². The highest BCUT2D eigenvalue weighted by atomic mass is 16.4. The Bertz CT molecular complexity index is 910. The number of carbonyl (C=O) groups is 1. The number of carboxylic acid groups (broad SMARTS) is 1. The van der Waals surface area contributed by atoms with Crippen LogP contribution in [0.15, 0.2) is 60.7 Å². The molecule has 2 aromatic carbocycles. The van der Waals surface area contributed by atoms with Gasteiger partial charge in [0.2, 0.25) is 0 Å². The molecule has 1 aliphatic carbocycles. The lowest BCUT2D eigenvalue weighted by molar-refractivity contribution is -0.136. The van der Waals surface area contributed by atoms with Crippen molar-refractivity contribution >= 4 is 5.97 Å². The molecule has 4 nitrogen and oxygen atoms in total. The molecular weight excluding hydrogens is 336 g/mol. The fourth-order valence-corrected chi connectivity index (χ4v) is 4.15. The summed E-state index contributed by atoms with van der Waals surface area (Å²) >= 11 is 0. The zero-order chi connectivity index (χ0) is 18.6. The standard InChI is InChI=1S/C23H24N2O2/c26-21(27)16-20-22(17-10-4-1-5-11-17)24-25(19-14-8-3-9-15-19)23(20)18-12-6-2-7-13-18/h2-3,6-9,12-15,17H,1,4-5,10-11,16H2,(H,26,27). The molecule has 0 bridgehead atoms. The van der Waals surface area contributed by atoms with Crippen LogP contribution in [0, 0.1) is 0 Å². The van der Waals surface area contributed by atoms with Crippen LogP contribution >= 0.6 is 0 Å². The maximum atomic E-state index is 11.7. The summed E-state index contributed by atoms with van der Waals surface area (Å²) in [5.74, 6) is -0.461. The van der Waals surface area contributed by atoms with Crippen molar-refractivity contribution in [3.63, 3.8) is 0 Å². The van der Waals surface area contributed by atoms with E-state index in [0.717, 1.165) is 41.0 Å². The van der Waals surface area contributed by atoms with Gasteiger partial charge in [-0.2, -0.15) is 5.10 Å². The van der Waals surface area contributed by atoms with Gasteiger partial charge in [-0.05, 0) is 25.0 Å². The molecule has 0 spiro atoms. The van der Waals surface area contributed by atoms with E-state index in [1.807, 2.05) is 65.3 Å². The first-order valence-electron chi connectivity index (χ1n) is 9.68. The normalized spacial score (nSPS) is 15.0. The molecule has 0 aliphatic heterocycles. The van der Waals surface area contributed by atoms with Crippen LogP contribution < -0.4 is 0 Å². The molecule has 0 unspecified atom stereocenters. The van der Waals surface area contributed by atoms with Crippen molar-refractivity contribution in [1.29, 1.82) is 0 Å². The highest BCUT2D eigenvalue weighted by Gasteiger charge is 2.28. The molecule has 1 fully saturated rings. The highest BCUT2D eigenvalue weighted by Crippen LogP contribution is 2.38. The van der Waals surface area contributed by atoms with Gasteiger partial charge in [0, 0.05) is 17.0 Å². The van der Waals surface area contributed by atoms with Crippen molar-refractivity contribution in [3.05, 3.63) is 71.9 Å². The van der Waals surface area contributed by atoms with Crippen molar-refractivity contribution < 1.29 is 9.90 Å². The Morgan fingerprint density at radius 2 is 1.59 bits per heavy atom. The smallest absolute Gasteiger partial charge is 0.307 e. The van der Waals surface area contributed by atoms with E-state index in [-0.39, 0.29) is 6.42 Å². The minimum absolute atomic E-state index is 0.00287. The lowest BCUT2D eigenvalue weighted by Crippen LogP contribution is -2.10. The molecule has 0 atom stereocenters. The van der Waals surface area contributed by atoms with Gasteiger partial charge in [-0.1, -0.05) is 67.8 Å². The molecule has 3 aromatic rings. The topological polar surface area (TPSA) is 55.1 Å². The van der Waals surface area contributed by atoms with Crippen LogP contribution in [0.25, 0.3) is 16.9 Å². The van der Waals surface area contributed by atoms with E-state index in [0.29, 0.717) is 5.92 Å². The van der Waals surface area contributed by atoms with Gasteiger partial charge in [0.25, 0.3) is 0 Å². The molecule has 1 aliphatic rings. The number of nitrogens with zero attached hydrogens (tertiary/aromatic N) is 2. The second-order valence-corrected chi connectivity index (χ2v) is 7.23. The van der Waals surface area contributed by atoms with E-state index in [1.54, 1.807) is 0 Å². The summed E-state index contributed by atoms with van der Waals surface area (Å²) in [4.78, 5) is 11.7. The SMILES string of the molecule is O=C(O)Cc1c(C2CCCCC2)nn(-c2ccccc2)c1-c1ccccc1. The first-order chi connectivity index (χ1) is 13.2. The zero-order valence-electron chi connectivity index (χ0n) is 15.3. The third-order valence-corrected chi connectivity index (χ3v) is 5.38. The third kappa shape index (κ3) is 3.65. The molecule has 4 rings (SSSR count). The summed E-state index contributed by atoms with van der Waals surface area (Å²) in [6.07, 6.45) is 5.82. The second kappa shape index (κ2) is 7.78. The molecule has 1 aromatic heterocycles. The number of benzene rings is 2. The first-order valence-corrected chi connectivity index (χ1v) is 9.68. The number of hydrogen-bond acceptors (Lipinski definition) is 2. The van der Waals surface area contributed by atoms with E-state index in [1.165, 1.54) is 19.3 Å². The second-order valence-electron chi connectivity index (χ2n) is 7.23. The van der Waals surface area contributed by atoms with E-state index in [2.05, 4.69) is 0 Å². The van der Waals surface area contributed by atoms with Crippen LogP contribution in [-0.4, -0.2) is 20.9 Å². The van der Waals surface area contributed by atoms with E-state index in [4.69, 9.17) is 5.10 Å². The molecule has 138 valence electrons. The number of carboxylic acids is 1. The van der Waals surface area contributed by atoms with Gasteiger partial charge in [-0.25, -0.2) is 4.68 Å². The van der Waals surface area contributed by atoms with Crippen LogP contribution in [0.2, 0.25) is 0 Å². The maximum absolute atomic E-state index is 11.7. The number of aromatic nitrogens is 2. The molecule has 27 heavy (non-hydrogen) atoms. The largest absolute Gasteiger partial charge is 0.481 e. The summed E-state index contributed by atoms with van der Waals surface area (Å²) < 4.78 is 1.94. The van der Waals surface area contributed by atoms with Crippen LogP contribution in [0.3, 0.4) is 0 Å². The number of aliphatic carboxylic acids is 1. The van der Waals surface area contributed by atoms with Gasteiger partial charge < -0.3 is 5.11 Å². The number of rotatable bonds is 5. The van der Waals surface area contributed by atoms with Gasteiger partial charge in [-0.15, -0.1) is 0 Å². The Labute approximate surface area is 159 Å². The summed E-state index contributed by atoms with van der Waals surface area (Å²) in [7, 11) is 0. The Morgan fingerprint density at radius 1 is 0.963 bits per heavy atom. The predicted octanol–water partition coefficient (Wildman–Crippen LogP) is 5.21. The fraction of sp³-hybridized carbons (Fsp3) is 0.304. The van der Waals surface area contributed by atoms with Gasteiger partial charge >= 0.3 is 5.97 Å². The monoisotopic (exact) mass is 360 g/mol. The van der Waals surface area contributed by atoms with Crippen LogP contribution in [0.4, 0.5) is 0 Å². The molecule has 4 heteroatoms. The molecular formula is C23H24N2O2. The quantitative estimate of drug-likeness (QED) is 0.679. The lowest BCUT2D eigenvalue weighted by Gasteiger charge is -2.20. The minimum Gasteiger partial charge on any atom is -0.481 e. The van der Waals surface area contributed by atoms with Gasteiger partial charge in [0.1, 0.15) is 0 Å². The Morgan fingerprint density at radius 3 is 2.22 bits per heavy atom. The summed E-state index contributed by atoms with van der Waals surface area (Å²) in [5, 5.41) is 14.6. The zero-order valence-corrected chi connectivity index (χ0v) is 15.3. The van der Waals surface area contributed by atoms with Gasteiger partial charge in [-0.3, -0.25) is 4.79 Å². The highest BCUT2D eigenvalue weighted by molar-refractivity contribution is 5.77. The average Bonchev–Trinajstić information content (AvgIpc) is 3.08. The van der Waals surface area contributed by atoms with Crippen molar-refractivity contribution in [2.75, 3.05) is 0 Å². The van der Waals surface area contributed by atoms with Crippen molar-refractivity contribution in [1.82, 2.24) is 9.78 Å². The predicted molar refractivity (Wildman–Crippen MR) is 106 cm³/mol. The lowest BCUT2D eigenvalue weighted by atomic mass is 9.84.